The Morgan fingerprint density at radius 3 is 2.71 bits per heavy atom. The first kappa shape index (κ1) is 22.5. The molecule has 0 aliphatic carbocycles. The van der Waals surface area contributed by atoms with Crippen LogP contribution in [-0.4, -0.2) is 28.9 Å². The molecule has 172 valence electrons. The summed E-state index contributed by atoms with van der Waals surface area (Å²) in [5.41, 5.74) is -0.185. The molecule has 1 amide bonds. The van der Waals surface area contributed by atoms with Crippen molar-refractivity contribution >= 4 is 67.1 Å². The number of carbonyl (C=O) groups excluding carboxylic acids is 2. The zero-order valence-corrected chi connectivity index (χ0v) is 19.6. The molecule has 2 aromatic carbocycles. The zero-order valence-electron chi connectivity index (χ0n) is 17.2. The Balaban J connectivity index is 1.75. The summed E-state index contributed by atoms with van der Waals surface area (Å²) in [4.78, 5) is 32.2. The molecular weight excluding hydrogens is 506 g/mol. The fourth-order valence-electron chi connectivity index (χ4n) is 3.80. The van der Waals surface area contributed by atoms with Crippen molar-refractivity contribution in [3.63, 3.8) is 0 Å². The number of aliphatic hydroxyl groups excluding tert-OH is 1. The van der Waals surface area contributed by atoms with E-state index in [4.69, 9.17) is 16.3 Å². The third-order valence-electron chi connectivity index (χ3n) is 5.28. The number of rotatable bonds is 4. The quantitative estimate of drug-likeness (QED) is 0.206. The van der Waals surface area contributed by atoms with Crippen LogP contribution in [0.4, 0.5) is 13.9 Å². The molecule has 1 aliphatic rings. The highest BCUT2D eigenvalue weighted by Crippen LogP contribution is 2.46. The number of nitrogens with zero attached hydrogens (tertiary/aromatic N) is 2. The molecule has 1 N–H and O–H groups in total. The van der Waals surface area contributed by atoms with Crippen LogP contribution in [0.2, 0.25) is 5.02 Å². The Bertz CT molecular complexity index is 1500. The third kappa shape index (κ3) is 3.54. The van der Waals surface area contributed by atoms with Crippen molar-refractivity contribution in [3.8, 4) is 5.75 Å². The highest BCUT2D eigenvalue weighted by atomic mass is 35.5. The van der Waals surface area contributed by atoms with E-state index >= 15 is 0 Å². The largest absolute Gasteiger partial charge is 0.507 e. The van der Waals surface area contributed by atoms with Gasteiger partial charge in [0.25, 0.3) is 5.78 Å². The van der Waals surface area contributed by atoms with Crippen molar-refractivity contribution < 1.29 is 28.2 Å². The number of ketones is 1. The van der Waals surface area contributed by atoms with Gasteiger partial charge in [0.2, 0.25) is 0 Å². The maximum absolute atomic E-state index is 14.3. The van der Waals surface area contributed by atoms with Gasteiger partial charge in [0.05, 0.1) is 22.9 Å². The average molecular weight is 519 g/mol. The van der Waals surface area contributed by atoms with Crippen LogP contribution < -0.4 is 9.64 Å². The molecule has 5 rings (SSSR count). The molecular formula is C23H13ClF2N2O4S2. The molecule has 11 heteroatoms. The number of Topliss-reactive ketones (excluding diaryl/α,β-unsaturated/α-hetero) is 1. The number of carbonyl (C=O) groups is 2. The number of amides is 1. The van der Waals surface area contributed by atoms with Gasteiger partial charge in [0.15, 0.2) is 10.9 Å². The van der Waals surface area contributed by atoms with Crippen LogP contribution in [0.25, 0.3) is 16.0 Å². The number of methoxy groups -OCH3 is 1. The number of anilines is 1. The second-order valence-corrected chi connectivity index (χ2v) is 9.68. The first-order valence-electron chi connectivity index (χ1n) is 9.74. The predicted octanol–water partition coefficient (Wildman–Crippen LogP) is 5.92. The van der Waals surface area contributed by atoms with Crippen LogP contribution in [0.3, 0.4) is 0 Å². The van der Waals surface area contributed by atoms with Gasteiger partial charge in [0, 0.05) is 16.0 Å². The minimum absolute atomic E-state index is 0.00268. The van der Waals surface area contributed by atoms with Crippen LogP contribution in [0, 0.1) is 11.6 Å². The van der Waals surface area contributed by atoms with Crippen molar-refractivity contribution in [1.29, 1.82) is 0 Å². The van der Waals surface area contributed by atoms with Gasteiger partial charge in [-0.25, -0.2) is 13.8 Å². The summed E-state index contributed by atoms with van der Waals surface area (Å²) in [5, 5.41) is 13.3. The summed E-state index contributed by atoms with van der Waals surface area (Å²) in [6, 6.07) is 8.69. The van der Waals surface area contributed by atoms with Gasteiger partial charge in [-0.15, -0.1) is 11.3 Å². The summed E-state index contributed by atoms with van der Waals surface area (Å²) >= 11 is 8.22. The van der Waals surface area contributed by atoms with Crippen molar-refractivity contribution in [2.24, 2.45) is 0 Å². The van der Waals surface area contributed by atoms with E-state index < -0.39 is 35.1 Å². The highest BCUT2D eigenvalue weighted by molar-refractivity contribution is 7.22. The molecule has 0 spiro atoms. The molecule has 1 atom stereocenters. The molecule has 4 aromatic rings. The zero-order chi connectivity index (χ0) is 24.1. The van der Waals surface area contributed by atoms with Gasteiger partial charge in [-0.2, -0.15) is 0 Å². The number of fused-ring (bicyclic) bond motifs is 1. The molecule has 0 bridgehead atoms. The number of ether oxygens (including phenoxy) is 1. The van der Waals surface area contributed by atoms with Crippen molar-refractivity contribution in [1.82, 2.24) is 4.98 Å². The first-order valence-corrected chi connectivity index (χ1v) is 11.8. The summed E-state index contributed by atoms with van der Waals surface area (Å²) in [6.45, 7) is 0. The number of hydrogen-bond donors (Lipinski definition) is 1. The smallest absolute Gasteiger partial charge is 0.301 e. The maximum atomic E-state index is 14.3. The normalized spacial score (nSPS) is 17.6. The van der Waals surface area contributed by atoms with E-state index in [1.54, 1.807) is 23.6 Å². The number of aliphatic hydroxyl groups is 1. The van der Waals surface area contributed by atoms with Crippen molar-refractivity contribution in [2.45, 2.75) is 6.04 Å². The molecule has 1 aliphatic heterocycles. The molecule has 1 saturated heterocycles. The number of thiazole rings is 1. The van der Waals surface area contributed by atoms with Crippen LogP contribution in [0.5, 0.6) is 5.75 Å². The lowest BCUT2D eigenvalue weighted by atomic mass is 9.99. The number of halogens is 3. The van der Waals surface area contributed by atoms with Gasteiger partial charge < -0.3 is 9.84 Å². The summed E-state index contributed by atoms with van der Waals surface area (Å²) < 4.78 is 33.5. The Morgan fingerprint density at radius 2 is 2.00 bits per heavy atom. The first-order chi connectivity index (χ1) is 16.3. The standard InChI is InChI=1S/C23H13ClF2N2O4S2/c1-32-14-5-4-10(24)7-12(14)20(29)17-19(15-3-2-6-33-15)28(22(31)21(17)30)23-27-18-13(26)8-11(25)9-16(18)34-23/h2-9,19,29H,1H3/b20-17+. The van der Waals surface area contributed by atoms with Crippen LogP contribution in [-0.2, 0) is 9.59 Å². The van der Waals surface area contributed by atoms with Crippen molar-refractivity contribution in [2.75, 3.05) is 12.0 Å². The van der Waals surface area contributed by atoms with Crippen LogP contribution in [0.1, 0.15) is 16.5 Å². The lowest BCUT2D eigenvalue weighted by Gasteiger charge is -2.21. The molecule has 34 heavy (non-hydrogen) atoms. The summed E-state index contributed by atoms with van der Waals surface area (Å²) in [6.07, 6.45) is 0. The minimum Gasteiger partial charge on any atom is -0.507 e. The Labute approximate surface area is 204 Å². The Morgan fingerprint density at radius 1 is 1.21 bits per heavy atom. The maximum Gasteiger partial charge on any atom is 0.301 e. The van der Waals surface area contributed by atoms with Crippen LogP contribution in [0.15, 0.2) is 53.4 Å². The van der Waals surface area contributed by atoms with E-state index in [2.05, 4.69) is 4.98 Å². The summed E-state index contributed by atoms with van der Waals surface area (Å²) in [5.74, 6) is -3.81. The van der Waals surface area contributed by atoms with Gasteiger partial charge >= 0.3 is 5.91 Å². The van der Waals surface area contributed by atoms with E-state index in [0.717, 1.165) is 22.3 Å². The van der Waals surface area contributed by atoms with E-state index in [9.17, 15) is 23.5 Å². The van der Waals surface area contributed by atoms with Crippen LogP contribution >= 0.6 is 34.3 Å². The number of hydrogen-bond acceptors (Lipinski definition) is 7. The SMILES string of the molecule is COc1ccc(Cl)cc1/C(O)=C1\C(=O)C(=O)N(c2nc3c(F)cc(F)cc3s2)C1c1cccs1. The van der Waals surface area contributed by atoms with E-state index in [1.165, 1.54) is 30.6 Å². The molecule has 1 unspecified atom stereocenters. The van der Waals surface area contributed by atoms with Gasteiger partial charge in [-0.3, -0.25) is 14.5 Å². The van der Waals surface area contributed by atoms with Gasteiger partial charge in [-0.1, -0.05) is 29.0 Å². The van der Waals surface area contributed by atoms with Gasteiger partial charge in [-0.05, 0) is 35.7 Å². The fourth-order valence-corrected chi connectivity index (χ4v) is 5.83. The molecule has 6 nitrogen and oxygen atoms in total. The number of aromatic nitrogens is 1. The average Bonchev–Trinajstić information content (AvgIpc) is 3.52. The van der Waals surface area contributed by atoms with E-state index in [-0.39, 0.29) is 37.3 Å². The molecule has 1 fully saturated rings. The lowest BCUT2D eigenvalue weighted by Crippen LogP contribution is -2.28. The topological polar surface area (TPSA) is 79.7 Å². The van der Waals surface area contributed by atoms with Gasteiger partial charge in [0.1, 0.15) is 28.9 Å². The highest BCUT2D eigenvalue weighted by Gasteiger charge is 2.49. The second-order valence-electron chi connectivity index (χ2n) is 7.26. The molecule has 2 aromatic heterocycles. The molecule has 3 heterocycles. The fraction of sp³-hybridized carbons (Fsp3) is 0.0870. The monoisotopic (exact) mass is 518 g/mol. The van der Waals surface area contributed by atoms with E-state index in [1.807, 2.05) is 0 Å². The Kier molecular flexibility index (Phi) is 5.59. The number of thiophene rings is 1. The predicted molar refractivity (Wildman–Crippen MR) is 127 cm³/mol. The van der Waals surface area contributed by atoms with E-state index in [0.29, 0.717) is 10.9 Å². The second kappa shape index (κ2) is 8.46. The Hall–Kier alpha value is -3.34. The minimum atomic E-state index is -1.04. The lowest BCUT2D eigenvalue weighted by molar-refractivity contribution is -0.132. The third-order valence-corrected chi connectivity index (χ3v) is 7.44. The van der Waals surface area contributed by atoms with Crippen molar-refractivity contribution in [3.05, 3.63) is 80.5 Å². The molecule has 0 radical (unpaired) electrons. The number of benzene rings is 2. The summed E-state index contributed by atoms with van der Waals surface area (Å²) in [7, 11) is 1.39. The molecule has 0 saturated carbocycles.